The summed E-state index contributed by atoms with van der Waals surface area (Å²) >= 11 is 3.51. The Hall–Kier alpha value is -1.28. The lowest BCUT2D eigenvalue weighted by Crippen LogP contribution is -2.26. The van der Waals surface area contributed by atoms with Gasteiger partial charge in [0, 0.05) is 21.9 Å². The van der Waals surface area contributed by atoms with Crippen molar-refractivity contribution in [3.8, 4) is 11.5 Å². The van der Waals surface area contributed by atoms with Crippen molar-refractivity contribution in [1.29, 1.82) is 0 Å². The topological polar surface area (TPSA) is 9.23 Å². The van der Waals surface area contributed by atoms with Crippen LogP contribution in [0.5, 0.6) is 11.5 Å². The van der Waals surface area contributed by atoms with Crippen LogP contribution in [0.3, 0.4) is 0 Å². The molecule has 0 N–H and O–H groups in total. The van der Waals surface area contributed by atoms with Gasteiger partial charge in [0.05, 0.1) is 0 Å². The van der Waals surface area contributed by atoms with Crippen molar-refractivity contribution in [2.75, 3.05) is 5.33 Å². The molecule has 2 aromatic carbocycles. The zero-order valence-corrected chi connectivity index (χ0v) is 14.9. The number of fused-ring (bicyclic) bond motifs is 2. The maximum Gasteiger partial charge on any atom is 0.131 e. The highest BCUT2D eigenvalue weighted by Gasteiger charge is 2.35. The third-order valence-corrected chi connectivity index (χ3v) is 5.16. The molecular formula is C20H23BrO. The van der Waals surface area contributed by atoms with E-state index in [-0.39, 0.29) is 5.41 Å². The number of unbranched alkanes of at least 4 members (excludes halogenated alkanes) is 2. The molecule has 0 fully saturated rings. The van der Waals surface area contributed by atoms with E-state index in [0.717, 1.165) is 23.2 Å². The molecule has 1 nitrogen and oxygen atoms in total. The van der Waals surface area contributed by atoms with Crippen LogP contribution in [0.4, 0.5) is 0 Å². The van der Waals surface area contributed by atoms with Crippen LogP contribution < -0.4 is 4.74 Å². The van der Waals surface area contributed by atoms with Gasteiger partial charge in [-0.15, -0.1) is 0 Å². The zero-order chi connectivity index (χ0) is 15.6. The smallest absolute Gasteiger partial charge is 0.131 e. The van der Waals surface area contributed by atoms with Crippen LogP contribution in [-0.4, -0.2) is 5.33 Å². The lowest BCUT2D eigenvalue weighted by atomic mass is 9.73. The molecule has 0 aromatic heterocycles. The maximum absolute atomic E-state index is 6.17. The van der Waals surface area contributed by atoms with Gasteiger partial charge < -0.3 is 4.74 Å². The van der Waals surface area contributed by atoms with Crippen molar-refractivity contribution in [3.05, 3.63) is 59.2 Å². The van der Waals surface area contributed by atoms with Crippen LogP contribution in [0, 0.1) is 0 Å². The van der Waals surface area contributed by atoms with Gasteiger partial charge in [-0.3, -0.25) is 0 Å². The summed E-state index contributed by atoms with van der Waals surface area (Å²) in [6.45, 7) is 4.63. The minimum absolute atomic E-state index is 0.00378. The maximum atomic E-state index is 6.17. The Labute approximate surface area is 141 Å². The number of benzene rings is 2. The summed E-state index contributed by atoms with van der Waals surface area (Å²) < 4.78 is 6.17. The van der Waals surface area contributed by atoms with Gasteiger partial charge in [0.15, 0.2) is 0 Å². The Balaban J connectivity index is 1.96. The number of alkyl halides is 1. The number of rotatable bonds is 5. The molecule has 0 saturated carbocycles. The van der Waals surface area contributed by atoms with E-state index in [0.29, 0.717) is 0 Å². The zero-order valence-electron chi connectivity index (χ0n) is 13.4. The van der Waals surface area contributed by atoms with Crippen LogP contribution in [0.2, 0.25) is 0 Å². The van der Waals surface area contributed by atoms with Crippen LogP contribution in [0.25, 0.3) is 0 Å². The van der Waals surface area contributed by atoms with Crippen LogP contribution in [0.15, 0.2) is 42.5 Å². The Morgan fingerprint density at radius 2 is 1.68 bits per heavy atom. The highest BCUT2D eigenvalue weighted by Crippen LogP contribution is 2.49. The van der Waals surface area contributed by atoms with Crippen molar-refractivity contribution in [1.82, 2.24) is 0 Å². The van der Waals surface area contributed by atoms with Gasteiger partial charge in [0.2, 0.25) is 0 Å². The minimum Gasteiger partial charge on any atom is -0.457 e. The summed E-state index contributed by atoms with van der Waals surface area (Å²) in [6, 6.07) is 14.9. The van der Waals surface area contributed by atoms with Gasteiger partial charge in [-0.1, -0.05) is 66.5 Å². The first kappa shape index (κ1) is 15.6. The number of aryl methyl sites for hydroxylation is 1. The van der Waals surface area contributed by atoms with Gasteiger partial charge in [-0.2, -0.15) is 0 Å². The van der Waals surface area contributed by atoms with E-state index in [2.05, 4.69) is 66.2 Å². The van der Waals surface area contributed by atoms with E-state index in [1.165, 1.54) is 36.0 Å². The van der Waals surface area contributed by atoms with E-state index in [1.54, 1.807) is 0 Å². The molecule has 1 aliphatic heterocycles. The van der Waals surface area contributed by atoms with Crippen molar-refractivity contribution in [2.24, 2.45) is 0 Å². The molecule has 0 bridgehead atoms. The van der Waals surface area contributed by atoms with Gasteiger partial charge in [0.1, 0.15) is 11.5 Å². The number of para-hydroxylation sites is 1. The standard InChI is InChI=1S/C20H23BrO/c1-20(2)16-11-5-6-12-17(16)22-18-13-8-10-15(19(18)20)9-4-3-7-14-21/h5-6,8,10-13H,3-4,7,9,14H2,1-2H3. The van der Waals surface area contributed by atoms with Gasteiger partial charge in [-0.05, 0) is 37.0 Å². The quantitative estimate of drug-likeness (QED) is 0.454. The molecule has 0 amide bonds. The van der Waals surface area contributed by atoms with Crippen molar-refractivity contribution in [3.63, 3.8) is 0 Å². The Bertz CT molecular complexity index is 661. The molecule has 1 heterocycles. The Kier molecular flexibility index (Phi) is 4.58. The van der Waals surface area contributed by atoms with Crippen molar-refractivity contribution in [2.45, 2.75) is 44.9 Å². The van der Waals surface area contributed by atoms with Gasteiger partial charge in [-0.25, -0.2) is 0 Å². The molecule has 0 aliphatic carbocycles. The molecule has 0 unspecified atom stereocenters. The predicted molar refractivity (Wildman–Crippen MR) is 96.4 cm³/mol. The lowest BCUT2D eigenvalue weighted by Gasteiger charge is -2.36. The fourth-order valence-corrected chi connectivity index (χ4v) is 3.89. The van der Waals surface area contributed by atoms with E-state index < -0.39 is 0 Å². The Morgan fingerprint density at radius 1 is 0.909 bits per heavy atom. The fourth-order valence-electron chi connectivity index (χ4n) is 3.49. The van der Waals surface area contributed by atoms with E-state index in [4.69, 9.17) is 4.74 Å². The van der Waals surface area contributed by atoms with Crippen LogP contribution in [0.1, 0.15) is 49.8 Å². The molecule has 0 radical (unpaired) electrons. The highest BCUT2D eigenvalue weighted by atomic mass is 79.9. The SMILES string of the molecule is CC1(C)c2ccccc2Oc2cccc(CCCCCBr)c21. The molecule has 2 heteroatoms. The van der Waals surface area contributed by atoms with E-state index in [9.17, 15) is 0 Å². The van der Waals surface area contributed by atoms with Crippen LogP contribution >= 0.6 is 15.9 Å². The van der Waals surface area contributed by atoms with E-state index in [1.807, 2.05) is 6.07 Å². The third kappa shape index (κ3) is 2.81. The summed E-state index contributed by atoms with van der Waals surface area (Å²) in [5, 5.41) is 1.10. The molecule has 0 spiro atoms. The molecule has 116 valence electrons. The predicted octanol–water partition coefficient (Wildman–Crippen LogP) is 6.23. The molecule has 3 rings (SSSR count). The first-order valence-corrected chi connectivity index (χ1v) is 9.22. The second-order valence-corrected chi connectivity index (χ2v) is 7.31. The molecule has 2 aromatic rings. The Morgan fingerprint density at radius 3 is 2.50 bits per heavy atom. The number of ether oxygens (including phenoxy) is 1. The van der Waals surface area contributed by atoms with Gasteiger partial charge >= 0.3 is 0 Å². The highest BCUT2D eigenvalue weighted by molar-refractivity contribution is 9.09. The normalized spacial score (nSPS) is 14.9. The number of hydrogen-bond donors (Lipinski definition) is 0. The fraction of sp³-hybridized carbons (Fsp3) is 0.400. The molecule has 0 atom stereocenters. The summed E-state index contributed by atoms with van der Waals surface area (Å²) in [5.41, 5.74) is 4.09. The first-order valence-electron chi connectivity index (χ1n) is 8.10. The average molecular weight is 359 g/mol. The third-order valence-electron chi connectivity index (χ3n) is 4.60. The average Bonchev–Trinajstić information content (AvgIpc) is 2.51. The summed E-state index contributed by atoms with van der Waals surface area (Å²) in [6.07, 6.45) is 4.88. The number of halogens is 1. The second-order valence-electron chi connectivity index (χ2n) is 6.51. The molecule has 22 heavy (non-hydrogen) atoms. The monoisotopic (exact) mass is 358 g/mol. The van der Waals surface area contributed by atoms with Crippen molar-refractivity contribution >= 4 is 15.9 Å². The minimum atomic E-state index is -0.00378. The summed E-state index contributed by atoms with van der Waals surface area (Å²) in [4.78, 5) is 0. The van der Waals surface area contributed by atoms with Crippen LogP contribution in [-0.2, 0) is 11.8 Å². The number of hydrogen-bond acceptors (Lipinski definition) is 1. The molecular weight excluding hydrogens is 336 g/mol. The lowest BCUT2D eigenvalue weighted by molar-refractivity contribution is 0.415. The molecule has 0 saturated heterocycles. The van der Waals surface area contributed by atoms with E-state index >= 15 is 0 Å². The largest absolute Gasteiger partial charge is 0.457 e. The second kappa shape index (κ2) is 6.45. The summed E-state index contributed by atoms with van der Waals surface area (Å²) in [5.74, 6) is 2.03. The van der Waals surface area contributed by atoms with Gasteiger partial charge in [0.25, 0.3) is 0 Å². The summed E-state index contributed by atoms with van der Waals surface area (Å²) in [7, 11) is 0. The molecule has 1 aliphatic rings. The first-order chi connectivity index (χ1) is 10.6. The van der Waals surface area contributed by atoms with Crippen molar-refractivity contribution < 1.29 is 4.74 Å².